The third-order valence-electron chi connectivity index (χ3n) is 3.44. The summed E-state index contributed by atoms with van der Waals surface area (Å²) in [6.07, 6.45) is 0. The van der Waals surface area contributed by atoms with Crippen LogP contribution in [0, 0.1) is 13.8 Å². The predicted molar refractivity (Wildman–Crippen MR) is 93.1 cm³/mol. The van der Waals surface area contributed by atoms with Crippen LogP contribution in [0.25, 0.3) is 0 Å². The molecule has 1 amide bonds. The second-order valence-electron chi connectivity index (χ2n) is 5.15. The molecule has 0 saturated heterocycles. The molecule has 0 aliphatic rings. The smallest absolute Gasteiger partial charge is 0.337 e. The first-order valence-corrected chi connectivity index (χ1v) is 8.16. The topological polar surface area (TPSA) is 55.4 Å². The normalized spacial score (nSPS) is 10.2. The number of amides is 1. The molecule has 0 bridgehead atoms. The Morgan fingerprint density at radius 1 is 1.04 bits per heavy atom. The van der Waals surface area contributed by atoms with Gasteiger partial charge < -0.3 is 10.1 Å². The number of ether oxygens (including phenoxy) is 1. The highest BCUT2D eigenvalue weighted by molar-refractivity contribution is 8.00. The lowest BCUT2D eigenvalue weighted by Gasteiger charge is -2.07. The van der Waals surface area contributed by atoms with Crippen LogP contribution in [-0.2, 0) is 9.53 Å². The molecule has 0 spiro atoms. The van der Waals surface area contributed by atoms with Gasteiger partial charge in [-0.05, 0) is 61.4 Å². The number of rotatable bonds is 5. The third-order valence-corrected chi connectivity index (χ3v) is 4.43. The molecular formula is C18H19NO3S. The quantitative estimate of drug-likeness (QED) is 0.669. The second-order valence-corrected chi connectivity index (χ2v) is 6.20. The van der Waals surface area contributed by atoms with Gasteiger partial charge in [0, 0.05) is 10.6 Å². The predicted octanol–water partition coefficient (Wildman–Crippen LogP) is 3.82. The van der Waals surface area contributed by atoms with E-state index in [-0.39, 0.29) is 5.91 Å². The summed E-state index contributed by atoms with van der Waals surface area (Å²) in [5.74, 6) is -0.145. The van der Waals surface area contributed by atoms with Crippen molar-refractivity contribution < 1.29 is 14.3 Å². The van der Waals surface area contributed by atoms with Crippen molar-refractivity contribution in [2.45, 2.75) is 18.7 Å². The zero-order valence-corrected chi connectivity index (χ0v) is 14.2. The fourth-order valence-corrected chi connectivity index (χ4v) is 2.75. The zero-order valence-electron chi connectivity index (χ0n) is 13.4. The fraction of sp³-hybridized carbons (Fsp3) is 0.222. The molecule has 2 rings (SSSR count). The van der Waals surface area contributed by atoms with Crippen molar-refractivity contribution in [1.29, 1.82) is 0 Å². The van der Waals surface area contributed by atoms with E-state index < -0.39 is 5.97 Å². The first-order chi connectivity index (χ1) is 11.0. The minimum Gasteiger partial charge on any atom is -0.465 e. The molecule has 0 radical (unpaired) electrons. The summed E-state index contributed by atoms with van der Waals surface area (Å²) in [5, 5.41) is 2.81. The Kier molecular flexibility index (Phi) is 5.82. The monoisotopic (exact) mass is 329 g/mol. The molecule has 0 aromatic heterocycles. The van der Waals surface area contributed by atoms with Gasteiger partial charge in [0.2, 0.25) is 5.91 Å². The summed E-state index contributed by atoms with van der Waals surface area (Å²) in [5.41, 5.74) is 3.57. The molecule has 0 heterocycles. The zero-order chi connectivity index (χ0) is 16.8. The molecule has 23 heavy (non-hydrogen) atoms. The van der Waals surface area contributed by atoms with Crippen LogP contribution in [0.15, 0.2) is 47.4 Å². The Morgan fingerprint density at radius 2 is 1.74 bits per heavy atom. The van der Waals surface area contributed by atoms with Gasteiger partial charge in [0.05, 0.1) is 18.4 Å². The Balaban J connectivity index is 1.89. The van der Waals surface area contributed by atoms with E-state index in [1.165, 1.54) is 30.0 Å². The number of carbonyl (C=O) groups is 2. The summed E-state index contributed by atoms with van der Waals surface area (Å²) < 4.78 is 4.63. The summed E-state index contributed by atoms with van der Waals surface area (Å²) in [6.45, 7) is 4.12. The van der Waals surface area contributed by atoms with Crippen LogP contribution in [0.1, 0.15) is 21.5 Å². The van der Waals surface area contributed by atoms with Crippen LogP contribution in [0.2, 0.25) is 0 Å². The van der Waals surface area contributed by atoms with E-state index >= 15 is 0 Å². The first kappa shape index (κ1) is 17.1. The maximum atomic E-state index is 12.0. The van der Waals surface area contributed by atoms with E-state index in [0.717, 1.165) is 4.90 Å². The van der Waals surface area contributed by atoms with E-state index in [2.05, 4.69) is 36.0 Å². The maximum Gasteiger partial charge on any atom is 0.337 e. The van der Waals surface area contributed by atoms with Gasteiger partial charge in [-0.2, -0.15) is 0 Å². The molecule has 4 nitrogen and oxygen atoms in total. The molecule has 0 unspecified atom stereocenters. The highest BCUT2D eigenvalue weighted by Gasteiger charge is 2.07. The molecule has 5 heteroatoms. The molecule has 0 aliphatic heterocycles. The van der Waals surface area contributed by atoms with E-state index in [9.17, 15) is 9.59 Å². The average molecular weight is 329 g/mol. The molecule has 120 valence electrons. The van der Waals surface area contributed by atoms with Gasteiger partial charge >= 0.3 is 5.97 Å². The van der Waals surface area contributed by atoms with Gasteiger partial charge in [-0.1, -0.05) is 6.07 Å². The Bertz CT molecular complexity index is 711. The van der Waals surface area contributed by atoms with Crippen molar-refractivity contribution in [2.24, 2.45) is 0 Å². The van der Waals surface area contributed by atoms with Crippen LogP contribution in [0.3, 0.4) is 0 Å². The molecule has 0 fully saturated rings. The molecule has 2 aromatic rings. The Labute approximate surface area is 140 Å². The number of benzene rings is 2. The number of nitrogens with one attached hydrogen (secondary N) is 1. The van der Waals surface area contributed by atoms with Crippen LogP contribution in [0.4, 0.5) is 5.69 Å². The Hall–Kier alpha value is -2.27. The van der Waals surface area contributed by atoms with Crippen LogP contribution in [0.5, 0.6) is 0 Å². The van der Waals surface area contributed by atoms with Crippen molar-refractivity contribution in [3.05, 3.63) is 59.2 Å². The number of carbonyl (C=O) groups excluding carboxylic acids is 2. The fourth-order valence-electron chi connectivity index (χ4n) is 1.96. The SMILES string of the molecule is COC(=O)c1ccc(NC(=O)CSc2ccc(C)c(C)c2)cc1. The lowest BCUT2D eigenvalue weighted by molar-refractivity contribution is -0.113. The molecule has 0 atom stereocenters. The van der Waals surface area contributed by atoms with Crippen LogP contribution < -0.4 is 5.32 Å². The summed E-state index contributed by atoms with van der Waals surface area (Å²) >= 11 is 1.50. The average Bonchev–Trinajstić information content (AvgIpc) is 2.56. The van der Waals surface area contributed by atoms with Crippen molar-refractivity contribution in [2.75, 3.05) is 18.2 Å². The van der Waals surface area contributed by atoms with Gasteiger partial charge in [0.15, 0.2) is 0 Å². The minimum absolute atomic E-state index is 0.0842. The minimum atomic E-state index is -0.395. The third kappa shape index (κ3) is 4.86. The van der Waals surface area contributed by atoms with Crippen LogP contribution in [-0.4, -0.2) is 24.7 Å². The lowest BCUT2D eigenvalue weighted by Crippen LogP contribution is -2.14. The number of hydrogen-bond donors (Lipinski definition) is 1. The maximum absolute atomic E-state index is 12.0. The number of esters is 1. The number of thioether (sulfide) groups is 1. The highest BCUT2D eigenvalue weighted by atomic mass is 32.2. The largest absolute Gasteiger partial charge is 0.465 e. The molecule has 2 aromatic carbocycles. The van der Waals surface area contributed by atoms with Gasteiger partial charge in [-0.3, -0.25) is 4.79 Å². The summed E-state index contributed by atoms with van der Waals surface area (Å²) in [6, 6.07) is 12.8. The lowest BCUT2D eigenvalue weighted by atomic mass is 10.1. The van der Waals surface area contributed by atoms with E-state index in [4.69, 9.17) is 0 Å². The summed E-state index contributed by atoms with van der Waals surface area (Å²) in [7, 11) is 1.34. The van der Waals surface area contributed by atoms with Gasteiger partial charge in [-0.25, -0.2) is 4.79 Å². The standard InChI is InChI=1S/C18H19NO3S/c1-12-4-9-16(10-13(12)2)23-11-17(20)19-15-7-5-14(6-8-15)18(21)22-3/h4-10H,11H2,1-3H3,(H,19,20). The molecule has 1 N–H and O–H groups in total. The van der Waals surface area contributed by atoms with Gasteiger partial charge in [0.1, 0.15) is 0 Å². The van der Waals surface area contributed by atoms with Crippen molar-refractivity contribution in [3.8, 4) is 0 Å². The van der Waals surface area contributed by atoms with E-state index in [1.807, 2.05) is 6.07 Å². The molecular weight excluding hydrogens is 310 g/mol. The second kappa shape index (κ2) is 7.83. The molecule has 0 aliphatic carbocycles. The number of methoxy groups -OCH3 is 1. The van der Waals surface area contributed by atoms with Gasteiger partial charge in [0.25, 0.3) is 0 Å². The highest BCUT2D eigenvalue weighted by Crippen LogP contribution is 2.21. The number of aryl methyl sites for hydroxylation is 2. The molecule has 0 saturated carbocycles. The van der Waals surface area contributed by atoms with E-state index in [0.29, 0.717) is 17.0 Å². The Morgan fingerprint density at radius 3 is 2.35 bits per heavy atom. The van der Waals surface area contributed by atoms with Crippen molar-refractivity contribution in [1.82, 2.24) is 0 Å². The summed E-state index contributed by atoms with van der Waals surface area (Å²) in [4.78, 5) is 24.4. The van der Waals surface area contributed by atoms with Crippen molar-refractivity contribution in [3.63, 3.8) is 0 Å². The van der Waals surface area contributed by atoms with Gasteiger partial charge in [-0.15, -0.1) is 11.8 Å². The van der Waals surface area contributed by atoms with Crippen molar-refractivity contribution >= 4 is 29.3 Å². The number of anilines is 1. The first-order valence-electron chi connectivity index (χ1n) is 7.18. The van der Waals surface area contributed by atoms with E-state index in [1.54, 1.807) is 24.3 Å². The number of hydrogen-bond acceptors (Lipinski definition) is 4. The van der Waals surface area contributed by atoms with Crippen LogP contribution >= 0.6 is 11.8 Å².